The molecule has 2 aromatic carbocycles. The molecule has 1 aliphatic heterocycles. The number of rotatable bonds is 5. The smallest absolute Gasteiger partial charge is 0.257 e. The van der Waals surface area contributed by atoms with Gasteiger partial charge < -0.3 is 4.90 Å². The van der Waals surface area contributed by atoms with Crippen LogP contribution in [-0.2, 0) is 6.42 Å². The van der Waals surface area contributed by atoms with Gasteiger partial charge in [0.05, 0.1) is 17.0 Å². The molecule has 0 atom stereocenters. The van der Waals surface area contributed by atoms with Crippen LogP contribution in [0.5, 0.6) is 0 Å². The van der Waals surface area contributed by atoms with Crippen molar-refractivity contribution in [2.45, 2.75) is 39.0 Å². The molecule has 5 heteroatoms. The van der Waals surface area contributed by atoms with Crippen molar-refractivity contribution >= 4 is 11.6 Å². The normalized spacial score (nSPS) is 14.8. The molecule has 0 spiro atoms. The Morgan fingerprint density at radius 1 is 1.00 bits per heavy atom. The van der Waals surface area contributed by atoms with Crippen LogP contribution in [0, 0.1) is 5.92 Å². The predicted octanol–water partition coefficient (Wildman–Crippen LogP) is 5.61. The fourth-order valence-corrected chi connectivity index (χ4v) is 4.88. The van der Waals surface area contributed by atoms with Crippen molar-refractivity contribution in [3.8, 4) is 11.3 Å². The summed E-state index contributed by atoms with van der Waals surface area (Å²) in [6, 6.07) is 22.7. The van der Waals surface area contributed by atoms with Crippen LogP contribution in [0.3, 0.4) is 0 Å². The maximum absolute atomic E-state index is 13.6. The van der Waals surface area contributed by atoms with Crippen molar-refractivity contribution in [3.05, 3.63) is 89.7 Å². The molecule has 5 rings (SSSR count). The second kappa shape index (κ2) is 9.18. The number of benzene rings is 2. The number of likely N-dealkylation sites (tertiary alicyclic amines) is 1. The third kappa shape index (κ3) is 4.40. The van der Waals surface area contributed by atoms with Crippen molar-refractivity contribution in [1.82, 2.24) is 19.5 Å². The quantitative estimate of drug-likeness (QED) is 0.407. The van der Waals surface area contributed by atoms with Crippen LogP contribution in [0.4, 0.5) is 0 Å². The number of hydrogen-bond donors (Lipinski definition) is 0. The molecule has 0 bridgehead atoms. The van der Waals surface area contributed by atoms with Gasteiger partial charge in [-0.3, -0.25) is 4.79 Å². The Kier molecular flexibility index (Phi) is 5.95. The first-order chi connectivity index (χ1) is 16.1. The zero-order chi connectivity index (χ0) is 22.8. The van der Waals surface area contributed by atoms with Gasteiger partial charge in [-0.25, -0.2) is 9.50 Å². The SMILES string of the molecule is CC(C)c1c(C(=O)N2CCC(Cc3ccccc3)CC2)cnc2cc(-c3ccccc3)nn12. The molecule has 3 heterocycles. The van der Waals surface area contributed by atoms with Gasteiger partial charge in [0.15, 0.2) is 5.65 Å². The number of hydrogen-bond acceptors (Lipinski definition) is 3. The minimum absolute atomic E-state index is 0.0722. The average molecular weight is 439 g/mol. The molecule has 0 saturated carbocycles. The minimum Gasteiger partial charge on any atom is -0.339 e. The lowest BCUT2D eigenvalue weighted by Gasteiger charge is -2.32. The van der Waals surface area contributed by atoms with Crippen LogP contribution in [0.25, 0.3) is 16.9 Å². The summed E-state index contributed by atoms with van der Waals surface area (Å²) in [5.41, 5.74) is 5.67. The standard InChI is InChI=1S/C28H30N4O/c1-20(2)27-24(19-29-26-18-25(30-32(26)27)23-11-7-4-8-12-23)28(33)31-15-13-22(14-16-31)17-21-9-5-3-6-10-21/h3-12,18-20,22H,13-17H2,1-2H3. The zero-order valence-corrected chi connectivity index (χ0v) is 19.3. The molecular weight excluding hydrogens is 408 g/mol. The highest BCUT2D eigenvalue weighted by molar-refractivity contribution is 5.95. The van der Waals surface area contributed by atoms with Crippen LogP contribution in [0.1, 0.15) is 54.2 Å². The second-order valence-corrected chi connectivity index (χ2v) is 9.30. The maximum Gasteiger partial charge on any atom is 0.257 e. The molecule has 0 radical (unpaired) electrons. The Morgan fingerprint density at radius 3 is 2.33 bits per heavy atom. The lowest BCUT2D eigenvalue weighted by Crippen LogP contribution is -2.39. The lowest BCUT2D eigenvalue weighted by molar-refractivity contribution is 0.0687. The largest absolute Gasteiger partial charge is 0.339 e. The topological polar surface area (TPSA) is 50.5 Å². The summed E-state index contributed by atoms with van der Waals surface area (Å²) in [7, 11) is 0. The predicted molar refractivity (Wildman–Crippen MR) is 131 cm³/mol. The molecule has 4 aromatic rings. The van der Waals surface area contributed by atoms with Crippen LogP contribution in [0.15, 0.2) is 72.9 Å². The van der Waals surface area contributed by atoms with Crippen LogP contribution >= 0.6 is 0 Å². The number of carbonyl (C=O) groups excluding carboxylic acids is 1. The summed E-state index contributed by atoms with van der Waals surface area (Å²) in [5, 5.41) is 4.83. The summed E-state index contributed by atoms with van der Waals surface area (Å²) in [6.45, 7) is 5.81. The van der Waals surface area contributed by atoms with Gasteiger partial charge in [-0.1, -0.05) is 74.5 Å². The van der Waals surface area contributed by atoms with Gasteiger partial charge >= 0.3 is 0 Å². The molecule has 168 valence electrons. The van der Waals surface area contributed by atoms with E-state index in [4.69, 9.17) is 5.10 Å². The van der Waals surface area contributed by atoms with Crippen LogP contribution < -0.4 is 0 Å². The van der Waals surface area contributed by atoms with E-state index in [-0.39, 0.29) is 11.8 Å². The summed E-state index contributed by atoms with van der Waals surface area (Å²) in [4.78, 5) is 20.2. The Bertz CT molecular complexity index is 1240. The van der Waals surface area contributed by atoms with Crippen LogP contribution in [-0.4, -0.2) is 38.5 Å². The molecule has 1 fully saturated rings. The Hall–Kier alpha value is -3.47. The number of aromatic nitrogens is 3. The third-order valence-electron chi connectivity index (χ3n) is 6.64. The van der Waals surface area contributed by atoms with E-state index >= 15 is 0 Å². The van der Waals surface area contributed by atoms with Gasteiger partial charge in [-0.15, -0.1) is 0 Å². The molecule has 1 aliphatic rings. The third-order valence-corrected chi connectivity index (χ3v) is 6.64. The molecule has 5 nitrogen and oxygen atoms in total. The van der Waals surface area contributed by atoms with E-state index in [1.165, 1.54) is 5.56 Å². The van der Waals surface area contributed by atoms with Gasteiger partial charge in [-0.05, 0) is 36.7 Å². The first-order valence-electron chi connectivity index (χ1n) is 11.9. The number of nitrogens with zero attached hydrogens (tertiary/aromatic N) is 4. The van der Waals surface area contributed by atoms with Gasteiger partial charge in [0, 0.05) is 30.9 Å². The molecule has 1 saturated heterocycles. The summed E-state index contributed by atoms with van der Waals surface area (Å²) < 4.78 is 1.86. The molecule has 2 aromatic heterocycles. The fraction of sp³-hybridized carbons (Fsp3) is 0.321. The molecule has 33 heavy (non-hydrogen) atoms. The van der Waals surface area contributed by atoms with E-state index in [1.54, 1.807) is 6.20 Å². The van der Waals surface area contributed by atoms with Crippen molar-refractivity contribution in [2.75, 3.05) is 13.1 Å². The Balaban J connectivity index is 1.38. The number of amides is 1. The van der Waals surface area contributed by atoms with Crippen molar-refractivity contribution in [1.29, 1.82) is 0 Å². The van der Waals surface area contributed by atoms with Gasteiger partial charge in [0.25, 0.3) is 5.91 Å². The molecular formula is C28H30N4O. The van der Waals surface area contributed by atoms with Gasteiger partial charge in [0.1, 0.15) is 0 Å². The van der Waals surface area contributed by atoms with E-state index in [9.17, 15) is 4.79 Å². The highest BCUT2D eigenvalue weighted by Gasteiger charge is 2.27. The fourth-order valence-electron chi connectivity index (χ4n) is 4.88. The van der Waals surface area contributed by atoms with E-state index in [0.29, 0.717) is 11.5 Å². The lowest BCUT2D eigenvalue weighted by atomic mass is 9.90. The van der Waals surface area contributed by atoms with E-state index in [1.807, 2.05) is 45.8 Å². The van der Waals surface area contributed by atoms with Crippen molar-refractivity contribution in [3.63, 3.8) is 0 Å². The molecule has 0 unspecified atom stereocenters. The Morgan fingerprint density at radius 2 is 1.67 bits per heavy atom. The molecule has 1 amide bonds. The van der Waals surface area contributed by atoms with E-state index < -0.39 is 0 Å². The van der Waals surface area contributed by atoms with Gasteiger partial charge in [0.2, 0.25) is 0 Å². The van der Waals surface area contributed by atoms with Crippen molar-refractivity contribution in [2.24, 2.45) is 5.92 Å². The monoisotopic (exact) mass is 438 g/mol. The molecule has 0 N–H and O–H groups in total. The highest BCUT2D eigenvalue weighted by atomic mass is 16.2. The van der Waals surface area contributed by atoms with E-state index in [2.05, 4.69) is 49.2 Å². The van der Waals surface area contributed by atoms with Crippen molar-refractivity contribution < 1.29 is 4.79 Å². The average Bonchev–Trinajstić information content (AvgIpc) is 3.29. The summed E-state index contributed by atoms with van der Waals surface area (Å²) in [6.07, 6.45) is 4.91. The second-order valence-electron chi connectivity index (χ2n) is 9.30. The highest BCUT2D eigenvalue weighted by Crippen LogP contribution is 2.27. The Labute approximate surface area is 195 Å². The number of piperidine rings is 1. The molecule has 0 aliphatic carbocycles. The van der Waals surface area contributed by atoms with E-state index in [0.717, 1.165) is 55.0 Å². The zero-order valence-electron chi connectivity index (χ0n) is 19.3. The summed E-state index contributed by atoms with van der Waals surface area (Å²) in [5.74, 6) is 0.845. The first-order valence-corrected chi connectivity index (χ1v) is 11.9. The minimum atomic E-state index is 0.0722. The number of fused-ring (bicyclic) bond motifs is 1. The maximum atomic E-state index is 13.6. The first kappa shape index (κ1) is 21.4. The number of carbonyl (C=O) groups is 1. The van der Waals surface area contributed by atoms with Gasteiger partial charge in [-0.2, -0.15) is 5.10 Å². The summed E-state index contributed by atoms with van der Waals surface area (Å²) >= 11 is 0. The van der Waals surface area contributed by atoms with Crippen LogP contribution in [0.2, 0.25) is 0 Å².